The van der Waals surface area contributed by atoms with E-state index in [1.165, 1.54) is 257 Å². The third-order valence-electron chi connectivity index (χ3n) is 11.9. The number of hydrogen-bond acceptors (Lipinski definition) is 0. The van der Waals surface area contributed by atoms with Crippen LogP contribution in [-0.2, 0) is 21.7 Å². The van der Waals surface area contributed by atoms with Crippen LogP contribution in [0.4, 0.5) is 0 Å². The van der Waals surface area contributed by atoms with Crippen molar-refractivity contribution in [3.05, 3.63) is 20.3 Å². The normalized spacial score (nSPS) is 11.3. The summed E-state index contributed by atoms with van der Waals surface area (Å²) in [7, 11) is 0. The van der Waals surface area contributed by atoms with Crippen molar-refractivity contribution in [2.24, 2.45) is 23.7 Å². The summed E-state index contributed by atoms with van der Waals surface area (Å²) >= 11 is 0. The zero-order chi connectivity index (χ0) is 42.7. The minimum absolute atomic E-state index is 0. The molecule has 0 nitrogen and oxygen atoms in total. The monoisotopic (exact) mass is 850 g/mol. The summed E-state index contributed by atoms with van der Waals surface area (Å²) in [6.45, 7) is 26.3. The second-order valence-corrected chi connectivity index (χ2v) is 20.3. The zero-order valence-electron chi connectivity index (χ0n) is 42.5. The van der Waals surface area contributed by atoms with Crippen molar-refractivity contribution in [3.8, 4) is 0 Å². The topological polar surface area (TPSA) is 0 Å². The van der Waals surface area contributed by atoms with E-state index >= 15 is 0 Å². The zero-order valence-corrected chi connectivity index (χ0v) is 44.1. The van der Waals surface area contributed by atoms with Crippen LogP contribution >= 0.6 is 0 Å². The molecule has 1 heteroatoms. The van der Waals surface area contributed by atoms with Gasteiger partial charge in [-0.3, -0.25) is 0 Å². The molecule has 0 saturated carbocycles. The molecule has 0 saturated heterocycles. The molecule has 0 heterocycles. The van der Waals surface area contributed by atoms with Crippen molar-refractivity contribution in [2.75, 3.05) is 0 Å². The summed E-state index contributed by atoms with van der Waals surface area (Å²) in [5.41, 5.74) is 0. The quantitative estimate of drug-likeness (QED) is 0.0325. The average Bonchev–Trinajstić information content (AvgIpc) is 3.17. The van der Waals surface area contributed by atoms with Crippen molar-refractivity contribution in [3.63, 3.8) is 0 Å². The van der Waals surface area contributed by atoms with Crippen LogP contribution in [0.3, 0.4) is 0 Å². The Morgan fingerprint density at radius 1 is 0.259 bits per heavy atom. The Hall–Kier alpha value is 0.714. The van der Waals surface area contributed by atoms with Crippen LogP contribution < -0.4 is 0 Å². The maximum Gasteiger partial charge on any atom is 3.00 e. The summed E-state index contributed by atoms with van der Waals surface area (Å²) in [6, 6.07) is 0. The van der Waals surface area contributed by atoms with Crippen molar-refractivity contribution >= 4 is 0 Å². The molecule has 0 spiro atoms. The van der Waals surface area contributed by atoms with E-state index in [1.807, 2.05) is 0 Å². The Morgan fingerprint density at radius 3 is 0.603 bits per heavy atom. The van der Waals surface area contributed by atoms with Crippen LogP contribution in [0.25, 0.3) is 0 Å². The van der Waals surface area contributed by atoms with Crippen LogP contribution in [0.5, 0.6) is 0 Å². The maximum atomic E-state index is 3.88. The van der Waals surface area contributed by atoms with Crippen molar-refractivity contribution in [1.82, 2.24) is 0 Å². The third kappa shape index (κ3) is 74.2. The van der Waals surface area contributed by atoms with Crippen LogP contribution in [0.2, 0.25) is 0 Å². The predicted octanol–water partition coefficient (Wildman–Crippen LogP) is 21.8. The SMILES string of the molecule is CC(C)[CH-]CCCCCCCCCCCCCCC(C)C.[CH2-]CCCCCCCCCCCCCCC(C)C.[CH2-]CCCCCCCCCCCCCCC(C)C.[Ti+3]. The Labute approximate surface area is 388 Å². The Morgan fingerprint density at radius 2 is 0.431 bits per heavy atom. The van der Waals surface area contributed by atoms with E-state index in [2.05, 4.69) is 75.7 Å². The summed E-state index contributed by atoms with van der Waals surface area (Å²) in [5.74, 6) is 3.46. The molecule has 58 heavy (non-hydrogen) atoms. The molecule has 0 fully saturated rings. The van der Waals surface area contributed by atoms with Crippen LogP contribution in [-0.4, -0.2) is 0 Å². The maximum absolute atomic E-state index is 3.88. The largest absolute Gasteiger partial charge is 3.00 e. The van der Waals surface area contributed by atoms with Crippen LogP contribution in [0.15, 0.2) is 0 Å². The van der Waals surface area contributed by atoms with E-state index in [0.717, 1.165) is 36.5 Å². The van der Waals surface area contributed by atoms with Crippen molar-refractivity contribution < 1.29 is 21.7 Å². The van der Waals surface area contributed by atoms with Crippen LogP contribution in [0, 0.1) is 43.9 Å². The molecular formula is C57H117Ti. The minimum Gasteiger partial charge on any atom is -0.343 e. The van der Waals surface area contributed by atoms with E-state index < -0.39 is 0 Å². The fourth-order valence-electron chi connectivity index (χ4n) is 7.91. The van der Waals surface area contributed by atoms with E-state index in [1.54, 1.807) is 0 Å². The Balaban J connectivity index is -0.000000375. The molecular weight excluding hydrogens is 732 g/mol. The fraction of sp³-hybridized carbons (Fsp3) is 0.947. The first-order valence-electron chi connectivity index (χ1n) is 27.1. The average molecular weight is 850 g/mol. The molecule has 0 aliphatic carbocycles. The molecule has 0 rings (SSSR count). The van der Waals surface area contributed by atoms with E-state index in [-0.39, 0.29) is 21.7 Å². The van der Waals surface area contributed by atoms with Crippen LogP contribution in [0.1, 0.15) is 325 Å². The molecule has 0 bridgehead atoms. The first kappa shape index (κ1) is 65.3. The summed E-state index contributed by atoms with van der Waals surface area (Å²) in [5, 5.41) is 0. The van der Waals surface area contributed by atoms with Gasteiger partial charge in [0.1, 0.15) is 0 Å². The number of unbranched alkanes of at least 4 members (excludes halogenated alkanes) is 36. The first-order chi connectivity index (χ1) is 27.7. The molecule has 0 N–H and O–H groups in total. The van der Waals surface area contributed by atoms with E-state index in [4.69, 9.17) is 0 Å². The molecule has 0 aromatic carbocycles. The van der Waals surface area contributed by atoms with E-state index in [9.17, 15) is 0 Å². The molecule has 0 aliphatic heterocycles. The third-order valence-corrected chi connectivity index (χ3v) is 11.9. The molecule has 0 aromatic heterocycles. The van der Waals surface area contributed by atoms with Gasteiger partial charge in [0.05, 0.1) is 0 Å². The van der Waals surface area contributed by atoms with Gasteiger partial charge >= 0.3 is 21.7 Å². The van der Waals surface area contributed by atoms with E-state index in [0.29, 0.717) is 0 Å². The molecule has 0 unspecified atom stereocenters. The second-order valence-electron chi connectivity index (χ2n) is 20.3. The van der Waals surface area contributed by atoms with Gasteiger partial charge in [-0.1, -0.05) is 306 Å². The smallest absolute Gasteiger partial charge is 0.343 e. The Kier molecular flexibility index (Phi) is 67.4. The van der Waals surface area contributed by atoms with Gasteiger partial charge in [0.2, 0.25) is 0 Å². The van der Waals surface area contributed by atoms with Gasteiger partial charge in [-0.25, -0.2) is 0 Å². The predicted molar refractivity (Wildman–Crippen MR) is 268 cm³/mol. The molecule has 1 radical (unpaired) electrons. The standard InChI is InChI=1S/C21H43.2C18H37.Ti/c1-20(2)18-16-14-12-10-8-6-5-7-9-11-13-15-17-19-21(3)4;2*1-4-5-6-7-8-9-10-11-12-13-14-15-16-17-18(2)3;/h18,20-21H,5-17,19H2,1-4H3;2*18H,1,4-17H2,2-3H3;/q3*-1;+3. The summed E-state index contributed by atoms with van der Waals surface area (Å²) in [4.78, 5) is 0. The summed E-state index contributed by atoms with van der Waals surface area (Å²) in [6.07, 6.45) is 62.5. The first-order valence-corrected chi connectivity index (χ1v) is 27.1. The number of rotatable bonds is 44. The van der Waals surface area contributed by atoms with Gasteiger partial charge in [0, 0.05) is 0 Å². The van der Waals surface area contributed by atoms with Crippen molar-refractivity contribution in [1.29, 1.82) is 0 Å². The molecule has 0 amide bonds. The molecule has 0 aliphatic rings. The second kappa shape index (κ2) is 59.8. The fourth-order valence-corrected chi connectivity index (χ4v) is 7.91. The molecule has 349 valence electrons. The van der Waals surface area contributed by atoms with Gasteiger partial charge in [-0.2, -0.15) is 25.2 Å². The Bertz CT molecular complexity index is 581. The van der Waals surface area contributed by atoms with Gasteiger partial charge in [0.25, 0.3) is 0 Å². The van der Waals surface area contributed by atoms with Gasteiger partial charge < -0.3 is 20.3 Å². The molecule has 0 aromatic rings. The molecule has 0 atom stereocenters. The summed E-state index contributed by atoms with van der Waals surface area (Å²) < 4.78 is 0. The van der Waals surface area contributed by atoms with Crippen molar-refractivity contribution in [2.45, 2.75) is 325 Å². The minimum atomic E-state index is 0. The van der Waals surface area contributed by atoms with Gasteiger partial charge in [-0.05, 0) is 17.8 Å². The van der Waals surface area contributed by atoms with Gasteiger partial charge in [0.15, 0.2) is 0 Å². The van der Waals surface area contributed by atoms with Gasteiger partial charge in [-0.15, -0.1) is 0 Å². The number of hydrogen-bond donors (Lipinski definition) is 0.